The van der Waals surface area contributed by atoms with Crippen LogP contribution in [0, 0.1) is 0 Å². The Labute approximate surface area is 217 Å². The van der Waals surface area contributed by atoms with Crippen LogP contribution in [0.5, 0.6) is 11.5 Å². The van der Waals surface area contributed by atoms with Gasteiger partial charge in [0.2, 0.25) is 5.89 Å². The Bertz CT molecular complexity index is 1080. The molecule has 5 heteroatoms. The van der Waals surface area contributed by atoms with Crippen LogP contribution in [-0.2, 0) is 23.8 Å². The zero-order valence-electron chi connectivity index (χ0n) is 23.4. The average Bonchev–Trinajstić information content (AvgIpc) is 3.26. The molecule has 0 atom stereocenters. The highest BCUT2D eigenvalue weighted by Crippen LogP contribution is 2.41. The van der Waals surface area contributed by atoms with Gasteiger partial charge in [-0.3, -0.25) is 0 Å². The quantitative estimate of drug-likeness (QED) is 0.318. The second kappa shape index (κ2) is 11.5. The molecule has 196 valence electrons. The molecule has 0 radical (unpaired) electrons. The molecule has 0 saturated carbocycles. The molecule has 1 heterocycles. The molecule has 1 aromatic heterocycles. The van der Waals surface area contributed by atoms with E-state index in [0.29, 0.717) is 24.7 Å². The van der Waals surface area contributed by atoms with Crippen molar-refractivity contribution < 1.29 is 14.3 Å². The highest BCUT2D eigenvalue weighted by molar-refractivity contribution is 5.63. The summed E-state index contributed by atoms with van der Waals surface area (Å²) in [5.41, 5.74) is 4.41. The van der Waals surface area contributed by atoms with Gasteiger partial charge in [-0.1, -0.05) is 67.0 Å². The second-order valence-electron chi connectivity index (χ2n) is 11.9. The molecule has 0 aliphatic carbocycles. The van der Waals surface area contributed by atoms with Crippen molar-refractivity contribution in [2.75, 3.05) is 20.2 Å². The standard InChI is InChI=1S/C31H44N2O3/c1-9-10-16-33(8)20-22-11-13-25(14-12-22)35-17-15-24-21-36-29(32-24)23-18-26(30(2,3)4)28(34)27(19-23)31(5,6)7/h11-14,18-19,21,34H,9-10,15-17,20H2,1-8H3. The van der Waals surface area contributed by atoms with Crippen LogP contribution in [0.25, 0.3) is 11.5 Å². The van der Waals surface area contributed by atoms with Gasteiger partial charge in [0, 0.05) is 29.7 Å². The van der Waals surface area contributed by atoms with Gasteiger partial charge in [-0.15, -0.1) is 0 Å². The molecule has 0 aliphatic heterocycles. The van der Waals surface area contributed by atoms with Crippen LogP contribution in [0.15, 0.2) is 47.1 Å². The fourth-order valence-electron chi connectivity index (χ4n) is 4.24. The van der Waals surface area contributed by atoms with Crippen LogP contribution in [-0.4, -0.2) is 35.2 Å². The van der Waals surface area contributed by atoms with Gasteiger partial charge in [-0.05, 0) is 60.7 Å². The van der Waals surface area contributed by atoms with E-state index >= 15 is 0 Å². The van der Waals surface area contributed by atoms with Gasteiger partial charge < -0.3 is 19.2 Å². The predicted molar refractivity (Wildman–Crippen MR) is 148 cm³/mol. The Balaban J connectivity index is 1.65. The van der Waals surface area contributed by atoms with Gasteiger partial charge >= 0.3 is 0 Å². The van der Waals surface area contributed by atoms with Crippen LogP contribution >= 0.6 is 0 Å². The lowest BCUT2D eigenvalue weighted by Gasteiger charge is -2.27. The Kier molecular flexibility index (Phi) is 8.89. The number of phenols is 1. The maximum Gasteiger partial charge on any atom is 0.226 e. The number of oxazole rings is 1. The van der Waals surface area contributed by atoms with Crippen LogP contribution in [0.4, 0.5) is 0 Å². The zero-order valence-corrected chi connectivity index (χ0v) is 23.4. The van der Waals surface area contributed by atoms with Gasteiger partial charge in [-0.2, -0.15) is 0 Å². The molecule has 1 N–H and O–H groups in total. The smallest absolute Gasteiger partial charge is 0.226 e. The van der Waals surface area contributed by atoms with Gasteiger partial charge in [0.1, 0.15) is 17.8 Å². The van der Waals surface area contributed by atoms with Crippen molar-refractivity contribution in [3.63, 3.8) is 0 Å². The highest BCUT2D eigenvalue weighted by atomic mass is 16.5. The number of phenolic OH excluding ortho intramolecular Hbond substituents is 1. The summed E-state index contributed by atoms with van der Waals surface area (Å²) in [6.45, 7) is 17.4. The van der Waals surface area contributed by atoms with E-state index < -0.39 is 0 Å². The number of ether oxygens (including phenoxy) is 1. The first-order valence-corrected chi connectivity index (χ1v) is 13.1. The fraction of sp³-hybridized carbons (Fsp3) is 0.516. The Morgan fingerprint density at radius 3 is 2.14 bits per heavy atom. The number of aromatic hydroxyl groups is 1. The van der Waals surface area contributed by atoms with Crippen molar-refractivity contribution in [1.29, 1.82) is 0 Å². The molecule has 0 spiro atoms. The summed E-state index contributed by atoms with van der Waals surface area (Å²) in [7, 11) is 2.16. The van der Waals surface area contributed by atoms with E-state index in [-0.39, 0.29) is 10.8 Å². The number of rotatable bonds is 10. The Morgan fingerprint density at radius 2 is 1.58 bits per heavy atom. The predicted octanol–water partition coefficient (Wildman–Crippen LogP) is 7.50. The highest BCUT2D eigenvalue weighted by Gasteiger charge is 2.27. The number of benzene rings is 2. The molecule has 0 fully saturated rings. The molecule has 36 heavy (non-hydrogen) atoms. The monoisotopic (exact) mass is 492 g/mol. The van der Waals surface area contributed by atoms with Gasteiger partial charge in [0.25, 0.3) is 0 Å². The van der Waals surface area contributed by atoms with Crippen molar-refractivity contribution in [2.24, 2.45) is 0 Å². The molecular weight excluding hydrogens is 448 g/mol. The molecule has 0 amide bonds. The van der Waals surface area contributed by atoms with Crippen molar-refractivity contribution in [3.05, 3.63) is 65.0 Å². The summed E-state index contributed by atoms with van der Waals surface area (Å²) in [5.74, 6) is 1.79. The van der Waals surface area contributed by atoms with Crippen LogP contribution in [0.1, 0.15) is 83.7 Å². The molecule has 0 aliphatic rings. The van der Waals surface area contributed by atoms with E-state index in [2.05, 4.69) is 72.5 Å². The zero-order chi connectivity index (χ0) is 26.5. The summed E-state index contributed by atoms with van der Waals surface area (Å²) in [5, 5.41) is 11.0. The molecule has 0 bridgehead atoms. The van der Waals surface area contributed by atoms with Gasteiger partial charge in [0.05, 0.1) is 12.3 Å². The number of aromatic nitrogens is 1. The van der Waals surface area contributed by atoms with Crippen LogP contribution < -0.4 is 4.74 Å². The normalized spacial score (nSPS) is 12.4. The lowest BCUT2D eigenvalue weighted by atomic mass is 9.78. The van der Waals surface area contributed by atoms with Gasteiger partial charge in [-0.25, -0.2) is 4.98 Å². The number of hydrogen-bond acceptors (Lipinski definition) is 5. The Hall–Kier alpha value is -2.79. The topological polar surface area (TPSA) is 58.7 Å². The fourth-order valence-corrected chi connectivity index (χ4v) is 4.24. The van der Waals surface area contributed by atoms with Crippen molar-refractivity contribution in [2.45, 2.75) is 85.1 Å². The first-order valence-electron chi connectivity index (χ1n) is 13.1. The molecule has 3 rings (SSSR count). The Morgan fingerprint density at radius 1 is 0.972 bits per heavy atom. The average molecular weight is 493 g/mol. The number of nitrogens with zero attached hydrogens (tertiary/aromatic N) is 2. The van der Waals surface area contributed by atoms with E-state index in [1.807, 2.05) is 24.3 Å². The first kappa shape index (κ1) is 27.8. The lowest BCUT2D eigenvalue weighted by molar-refractivity contribution is 0.315. The summed E-state index contributed by atoms with van der Waals surface area (Å²) >= 11 is 0. The van der Waals surface area contributed by atoms with Crippen molar-refractivity contribution in [1.82, 2.24) is 9.88 Å². The summed E-state index contributed by atoms with van der Waals surface area (Å²) in [4.78, 5) is 7.08. The molecular formula is C31H44N2O3. The van der Waals surface area contributed by atoms with Crippen molar-refractivity contribution >= 4 is 0 Å². The summed E-state index contributed by atoms with van der Waals surface area (Å²) < 4.78 is 11.8. The van der Waals surface area contributed by atoms with Crippen LogP contribution in [0.2, 0.25) is 0 Å². The van der Waals surface area contributed by atoms with Crippen LogP contribution in [0.3, 0.4) is 0 Å². The maximum absolute atomic E-state index is 11.0. The largest absolute Gasteiger partial charge is 0.507 e. The first-order chi connectivity index (χ1) is 16.9. The second-order valence-corrected chi connectivity index (χ2v) is 11.9. The van der Waals surface area contributed by atoms with E-state index in [4.69, 9.17) is 14.1 Å². The van der Waals surface area contributed by atoms with E-state index in [1.54, 1.807) is 6.26 Å². The van der Waals surface area contributed by atoms with E-state index in [9.17, 15) is 5.11 Å². The third-order valence-corrected chi connectivity index (χ3v) is 6.42. The molecule has 0 unspecified atom stereocenters. The summed E-state index contributed by atoms with van der Waals surface area (Å²) in [6.07, 6.45) is 4.80. The molecule has 5 nitrogen and oxygen atoms in total. The minimum Gasteiger partial charge on any atom is -0.507 e. The SMILES string of the molecule is CCCCN(C)Cc1ccc(OCCc2coc(-c3cc(C(C)(C)C)c(O)c(C(C)(C)C)c3)n2)cc1. The molecule has 0 saturated heterocycles. The third-order valence-electron chi connectivity index (χ3n) is 6.42. The lowest BCUT2D eigenvalue weighted by Crippen LogP contribution is -2.18. The third kappa shape index (κ3) is 7.36. The minimum absolute atomic E-state index is 0.205. The van der Waals surface area contributed by atoms with Gasteiger partial charge in [0.15, 0.2) is 0 Å². The molecule has 2 aromatic carbocycles. The van der Waals surface area contributed by atoms with E-state index in [0.717, 1.165) is 41.2 Å². The number of unbranched alkanes of at least 4 members (excludes halogenated alkanes) is 1. The number of hydrogen-bond donors (Lipinski definition) is 1. The summed E-state index contributed by atoms with van der Waals surface area (Å²) in [6, 6.07) is 12.3. The van der Waals surface area contributed by atoms with E-state index in [1.165, 1.54) is 18.4 Å². The minimum atomic E-state index is -0.205. The van der Waals surface area contributed by atoms with Crippen molar-refractivity contribution in [3.8, 4) is 23.0 Å². The molecule has 3 aromatic rings. The maximum atomic E-state index is 11.0.